The van der Waals surface area contributed by atoms with Crippen molar-refractivity contribution in [1.82, 2.24) is 25.3 Å². The van der Waals surface area contributed by atoms with Gasteiger partial charge in [0.05, 0.1) is 24.9 Å². The van der Waals surface area contributed by atoms with Gasteiger partial charge in [0.25, 0.3) is 0 Å². The molecule has 0 aromatic carbocycles. The Morgan fingerprint density at radius 3 is 2.74 bits per heavy atom. The molecule has 0 saturated heterocycles. The van der Waals surface area contributed by atoms with E-state index < -0.39 is 0 Å². The number of guanidine groups is 1. The molecule has 156 valence electrons. The van der Waals surface area contributed by atoms with E-state index >= 15 is 0 Å². The highest BCUT2D eigenvalue weighted by Crippen LogP contribution is 2.36. The molecule has 0 spiro atoms. The molecular weight excluding hydrogens is 455 g/mol. The van der Waals surface area contributed by atoms with Crippen LogP contribution in [0.2, 0.25) is 0 Å². The van der Waals surface area contributed by atoms with Crippen molar-refractivity contribution in [2.75, 3.05) is 33.7 Å². The van der Waals surface area contributed by atoms with Crippen molar-refractivity contribution in [2.24, 2.45) is 17.5 Å². The maximum absolute atomic E-state index is 10.4. The third kappa shape index (κ3) is 6.90. The van der Waals surface area contributed by atoms with Crippen molar-refractivity contribution in [3.8, 4) is 0 Å². The Kier molecular flexibility index (Phi) is 10.0. The van der Waals surface area contributed by atoms with Crippen LogP contribution in [0.5, 0.6) is 0 Å². The highest BCUT2D eigenvalue weighted by atomic mass is 127. The quantitative estimate of drug-likeness (QED) is 0.309. The molecule has 1 fully saturated rings. The van der Waals surface area contributed by atoms with Gasteiger partial charge in [-0.3, -0.25) is 9.67 Å². The zero-order chi connectivity index (χ0) is 19.2. The molecule has 3 unspecified atom stereocenters. The highest BCUT2D eigenvalue weighted by molar-refractivity contribution is 14.0. The van der Waals surface area contributed by atoms with Crippen LogP contribution in [-0.4, -0.2) is 65.6 Å². The number of halogens is 1. The number of hydrogen-bond acceptors (Lipinski definition) is 4. The molecule has 1 aliphatic carbocycles. The van der Waals surface area contributed by atoms with Crippen LogP contribution in [-0.2, 0) is 7.05 Å². The van der Waals surface area contributed by atoms with E-state index in [9.17, 15) is 5.11 Å². The van der Waals surface area contributed by atoms with Gasteiger partial charge in [-0.25, -0.2) is 0 Å². The first-order valence-corrected chi connectivity index (χ1v) is 9.71. The van der Waals surface area contributed by atoms with Gasteiger partial charge in [-0.1, -0.05) is 19.8 Å². The van der Waals surface area contributed by atoms with Crippen molar-refractivity contribution >= 4 is 29.9 Å². The fraction of sp³-hybridized carbons (Fsp3) is 0.789. The maximum Gasteiger partial charge on any atom is 0.191 e. The van der Waals surface area contributed by atoms with Crippen LogP contribution in [0.25, 0.3) is 0 Å². The summed E-state index contributed by atoms with van der Waals surface area (Å²) in [4.78, 5) is 6.96. The second kappa shape index (κ2) is 11.2. The molecule has 0 radical (unpaired) electrons. The Hall–Kier alpha value is -0.870. The lowest BCUT2D eigenvalue weighted by Crippen LogP contribution is -2.43. The SMILES string of the molecule is CCNC(=NCC1(C)CCCCC1O)NCC(c1cnn(C)c1)N(C)C.I. The molecule has 1 heterocycles. The molecule has 3 atom stereocenters. The summed E-state index contributed by atoms with van der Waals surface area (Å²) in [5.74, 6) is 0.808. The molecule has 2 rings (SSSR count). The minimum atomic E-state index is -0.257. The van der Waals surface area contributed by atoms with Gasteiger partial charge in [0, 0.05) is 37.3 Å². The summed E-state index contributed by atoms with van der Waals surface area (Å²) in [6, 6.07) is 0.211. The molecule has 0 bridgehead atoms. The van der Waals surface area contributed by atoms with E-state index in [0.717, 1.165) is 38.3 Å². The third-order valence-electron chi connectivity index (χ3n) is 5.42. The molecule has 27 heavy (non-hydrogen) atoms. The Labute approximate surface area is 181 Å². The number of hydrogen-bond donors (Lipinski definition) is 3. The minimum absolute atomic E-state index is 0. The summed E-state index contributed by atoms with van der Waals surface area (Å²) in [6.07, 6.45) is 7.93. The first-order valence-electron chi connectivity index (χ1n) is 9.71. The van der Waals surface area contributed by atoms with Gasteiger partial charge < -0.3 is 20.6 Å². The molecule has 1 aromatic rings. The van der Waals surface area contributed by atoms with Crippen LogP contribution in [0.15, 0.2) is 17.4 Å². The molecule has 1 saturated carbocycles. The zero-order valence-electron chi connectivity index (χ0n) is 17.4. The monoisotopic (exact) mass is 492 g/mol. The van der Waals surface area contributed by atoms with E-state index in [1.54, 1.807) is 0 Å². The molecule has 0 aliphatic heterocycles. The van der Waals surface area contributed by atoms with Gasteiger partial charge in [-0.05, 0) is 33.9 Å². The minimum Gasteiger partial charge on any atom is -0.392 e. The van der Waals surface area contributed by atoms with Crippen LogP contribution in [0.4, 0.5) is 0 Å². The molecule has 3 N–H and O–H groups in total. The van der Waals surface area contributed by atoms with E-state index in [1.165, 1.54) is 12.0 Å². The number of aromatic nitrogens is 2. The van der Waals surface area contributed by atoms with Crippen molar-refractivity contribution in [3.63, 3.8) is 0 Å². The summed E-state index contributed by atoms with van der Waals surface area (Å²) in [6.45, 7) is 6.42. The third-order valence-corrected chi connectivity index (χ3v) is 5.42. The Morgan fingerprint density at radius 2 is 2.19 bits per heavy atom. The lowest BCUT2D eigenvalue weighted by molar-refractivity contribution is 0.00716. The zero-order valence-corrected chi connectivity index (χ0v) is 19.7. The molecule has 1 aromatic heterocycles. The van der Waals surface area contributed by atoms with Crippen molar-refractivity contribution in [2.45, 2.75) is 51.7 Å². The van der Waals surface area contributed by atoms with Gasteiger partial charge in [0.15, 0.2) is 5.96 Å². The van der Waals surface area contributed by atoms with Crippen LogP contribution in [0, 0.1) is 5.41 Å². The lowest BCUT2D eigenvalue weighted by Gasteiger charge is -2.37. The predicted octanol–water partition coefficient (Wildman–Crippen LogP) is 2.14. The smallest absolute Gasteiger partial charge is 0.191 e. The number of rotatable bonds is 7. The molecule has 7 nitrogen and oxygen atoms in total. The number of aliphatic imine (C=N–C) groups is 1. The summed E-state index contributed by atoms with van der Waals surface area (Å²) in [5, 5.41) is 21.5. The van der Waals surface area contributed by atoms with Gasteiger partial charge in [0.1, 0.15) is 0 Å². The number of aliphatic hydroxyl groups excluding tert-OH is 1. The normalized spacial score (nSPS) is 24.4. The van der Waals surface area contributed by atoms with Crippen LogP contribution in [0.3, 0.4) is 0 Å². The first-order chi connectivity index (χ1) is 12.4. The molecule has 1 aliphatic rings. The lowest BCUT2D eigenvalue weighted by atomic mass is 9.73. The van der Waals surface area contributed by atoms with Gasteiger partial charge in [-0.2, -0.15) is 5.10 Å². The average Bonchev–Trinajstić information content (AvgIpc) is 3.01. The fourth-order valence-electron chi connectivity index (χ4n) is 3.57. The van der Waals surface area contributed by atoms with E-state index in [0.29, 0.717) is 6.54 Å². The fourth-order valence-corrected chi connectivity index (χ4v) is 3.57. The van der Waals surface area contributed by atoms with E-state index in [4.69, 9.17) is 4.99 Å². The number of likely N-dealkylation sites (N-methyl/N-ethyl adjacent to an activating group) is 1. The Bertz CT molecular complexity index is 591. The highest BCUT2D eigenvalue weighted by Gasteiger charge is 2.35. The Balaban J connectivity index is 0.00000364. The van der Waals surface area contributed by atoms with E-state index in [-0.39, 0.29) is 41.5 Å². The second-order valence-corrected chi connectivity index (χ2v) is 7.92. The standard InChI is InChI=1S/C19H36N6O.HI/c1-6-20-18(22-14-19(2)10-8-7-9-17(19)26)21-12-16(24(3)4)15-11-23-25(5)13-15;/h11,13,16-17,26H,6-10,12,14H2,1-5H3,(H2,20,21,22);1H. The van der Waals surface area contributed by atoms with Gasteiger partial charge >= 0.3 is 0 Å². The van der Waals surface area contributed by atoms with E-state index in [1.807, 2.05) is 17.9 Å². The molecular formula is C19H37IN6O. The van der Waals surface area contributed by atoms with Gasteiger partial charge in [-0.15, -0.1) is 24.0 Å². The van der Waals surface area contributed by atoms with Crippen molar-refractivity contribution in [1.29, 1.82) is 0 Å². The summed E-state index contributed by atoms with van der Waals surface area (Å²) < 4.78 is 1.83. The Morgan fingerprint density at radius 1 is 1.44 bits per heavy atom. The predicted molar refractivity (Wildman–Crippen MR) is 122 cm³/mol. The van der Waals surface area contributed by atoms with Crippen molar-refractivity contribution in [3.05, 3.63) is 18.0 Å². The summed E-state index contributed by atoms with van der Waals surface area (Å²) in [7, 11) is 6.08. The first kappa shape index (κ1) is 24.2. The summed E-state index contributed by atoms with van der Waals surface area (Å²) in [5.41, 5.74) is 1.06. The van der Waals surface area contributed by atoms with Crippen LogP contribution >= 0.6 is 24.0 Å². The topological polar surface area (TPSA) is 77.7 Å². The van der Waals surface area contributed by atoms with Crippen LogP contribution in [0.1, 0.15) is 51.1 Å². The second-order valence-electron chi connectivity index (χ2n) is 7.92. The van der Waals surface area contributed by atoms with Gasteiger partial charge in [0.2, 0.25) is 0 Å². The number of aliphatic hydroxyl groups is 1. The number of aryl methyl sites for hydroxylation is 1. The van der Waals surface area contributed by atoms with Crippen molar-refractivity contribution < 1.29 is 5.11 Å². The largest absolute Gasteiger partial charge is 0.392 e. The maximum atomic E-state index is 10.4. The van der Waals surface area contributed by atoms with E-state index in [2.05, 4.69) is 54.8 Å². The average molecular weight is 492 g/mol. The number of nitrogens with one attached hydrogen (secondary N) is 2. The summed E-state index contributed by atoms with van der Waals surface area (Å²) >= 11 is 0. The number of nitrogens with zero attached hydrogens (tertiary/aromatic N) is 4. The molecule has 0 amide bonds. The molecule has 8 heteroatoms. The van der Waals surface area contributed by atoms with Crippen LogP contribution < -0.4 is 10.6 Å².